The van der Waals surface area contributed by atoms with E-state index in [1.807, 2.05) is 0 Å². The Bertz CT molecular complexity index is 274. The maximum Gasteiger partial charge on any atom is 0.217 e. The van der Waals surface area contributed by atoms with E-state index in [0.29, 0.717) is 11.8 Å². The fourth-order valence-corrected chi connectivity index (χ4v) is 1.76. The molecule has 1 rings (SSSR count). The molecule has 0 spiro atoms. The van der Waals surface area contributed by atoms with Gasteiger partial charge in [0, 0.05) is 24.8 Å². The summed E-state index contributed by atoms with van der Waals surface area (Å²) < 4.78 is 0. The first-order valence-electron chi connectivity index (χ1n) is 5.29. The molecule has 0 heterocycles. The molecule has 0 aromatic heterocycles. The van der Waals surface area contributed by atoms with E-state index in [0.717, 1.165) is 6.42 Å². The summed E-state index contributed by atoms with van der Waals surface area (Å²) in [5.74, 6) is 7.78. The van der Waals surface area contributed by atoms with Crippen LogP contribution in [0, 0.1) is 29.6 Å². The van der Waals surface area contributed by atoms with Crippen LogP contribution in [-0.4, -0.2) is 11.9 Å². The molecule has 4 unspecified atom stereocenters. The van der Waals surface area contributed by atoms with Crippen molar-refractivity contribution in [1.29, 1.82) is 0 Å². The zero-order valence-corrected chi connectivity index (χ0v) is 9.42. The van der Waals surface area contributed by atoms with Gasteiger partial charge in [0.1, 0.15) is 0 Å². The second-order valence-corrected chi connectivity index (χ2v) is 4.39. The van der Waals surface area contributed by atoms with Gasteiger partial charge in [-0.2, -0.15) is 0 Å². The molecule has 1 aliphatic carbocycles. The molecule has 0 fully saturated rings. The van der Waals surface area contributed by atoms with Gasteiger partial charge in [-0.3, -0.25) is 4.79 Å². The van der Waals surface area contributed by atoms with Crippen LogP contribution in [0.2, 0.25) is 0 Å². The third-order valence-corrected chi connectivity index (χ3v) is 3.01. The summed E-state index contributed by atoms with van der Waals surface area (Å²) >= 11 is 0. The number of hydrogen-bond donors (Lipinski definition) is 1. The SMILES string of the molecule is CC(=O)NC1CC(C)C(C)C#CC1C. The van der Waals surface area contributed by atoms with Gasteiger partial charge in [0.25, 0.3) is 0 Å². The van der Waals surface area contributed by atoms with Crippen LogP contribution in [-0.2, 0) is 4.79 Å². The molecule has 1 N–H and O–H groups in total. The van der Waals surface area contributed by atoms with Crippen molar-refractivity contribution in [2.24, 2.45) is 17.8 Å². The van der Waals surface area contributed by atoms with Crippen LogP contribution in [0.1, 0.15) is 34.1 Å². The van der Waals surface area contributed by atoms with Crippen molar-refractivity contribution in [3.8, 4) is 11.8 Å². The molecule has 1 aliphatic rings. The maximum absolute atomic E-state index is 11.0. The Hall–Kier alpha value is -0.970. The Morgan fingerprint density at radius 2 is 1.79 bits per heavy atom. The van der Waals surface area contributed by atoms with Crippen molar-refractivity contribution in [1.82, 2.24) is 5.32 Å². The predicted molar refractivity (Wildman–Crippen MR) is 57.5 cm³/mol. The number of carbonyl (C=O) groups excluding carboxylic acids is 1. The van der Waals surface area contributed by atoms with Gasteiger partial charge in [-0.1, -0.05) is 25.7 Å². The molecule has 0 aromatic carbocycles. The van der Waals surface area contributed by atoms with E-state index < -0.39 is 0 Å². The van der Waals surface area contributed by atoms with Crippen molar-refractivity contribution in [2.75, 3.05) is 0 Å². The number of amides is 1. The highest BCUT2D eigenvalue weighted by atomic mass is 16.1. The van der Waals surface area contributed by atoms with Gasteiger partial charge in [0.15, 0.2) is 0 Å². The lowest BCUT2D eigenvalue weighted by Gasteiger charge is -2.23. The van der Waals surface area contributed by atoms with E-state index in [2.05, 4.69) is 37.9 Å². The van der Waals surface area contributed by atoms with Crippen molar-refractivity contribution in [3.05, 3.63) is 0 Å². The molecule has 0 radical (unpaired) electrons. The van der Waals surface area contributed by atoms with E-state index in [4.69, 9.17) is 0 Å². The molecule has 0 aromatic rings. The number of carbonyl (C=O) groups is 1. The van der Waals surface area contributed by atoms with Crippen molar-refractivity contribution in [3.63, 3.8) is 0 Å². The lowest BCUT2D eigenvalue weighted by molar-refractivity contribution is -0.120. The number of hydrogen-bond acceptors (Lipinski definition) is 1. The fourth-order valence-electron chi connectivity index (χ4n) is 1.76. The second kappa shape index (κ2) is 4.50. The van der Waals surface area contributed by atoms with Gasteiger partial charge < -0.3 is 5.32 Å². The maximum atomic E-state index is 11.0. The monoisotopic (exact) mass is 193 g/mol. The quantitative estimate of drug-likeness (QED) is 0.632. The van der Waals surface area contributed by atoms with Crippen LogP contribution in [0.15, 0.2) is 0 Å². The Balaban J connectivity index is 2.70. The normalized spacial score (nSPS) is 36.6. The molecule has 2 heteroatoms. The van der Waals surface area contributed by atoms with E-state index in [1.54, 1.807) is 6.92 Å². The zero-order valence-electron chi connectivity index (χ0n) is 9.42. The van der Waals surface area contributed by atoms with Gasteiger partial charge in [0.2, 0.25) is 5.91 Å². The van der Waals surface area contributed by atoms with Crippen LogP contribution >= 0.6 is 0 Å². The third-order valence-electron chi connectivity index (χ3n) is 3.01. The van der Waals surface area contributed by atoms with E-state index in [9.17, 15) is 4.79 Å². The Morgan fingerprint density at radius 1 is 1.21 bits per heavy atom. The van der Waals surface area contributed by atoms with Crippen molar-refractivity contribution in [2.45, 2.75) is 40.2 Å². The summed E-state index contributed by atoms with van der Waals surface area (Å²) in [6.07, 6.45) is 1.02. The Kier molecular flexibility index (Phi) is 3.57. The molecule has 1 amide bonds. The minimum absolute atomic E-state index is 0.0467. The second-order valence-electron chi connectivity index (χ2n) is 4.39. The minimum Gasteiger partial charge on any atom is -0.352 e. The molecule has 0 bridgehead atoms. The molecule has 4 atom stereocenters. The van der Waals surface area contributed by atoms with Gasteiger partial charge in [-0.05, 0) is 19.3 Å². The first-order chi connectivity index (χ1) is 6.50. The largest absolute Gasteiger partial charge is 0.352 e. The molecule has 0 saturated carbocycles. The fraction of sp³-hybridized carbons (Fsp3) is 0.750. The zero-order chi connectivity index (χ0) is 10.7. The summed E-state index contributed by atoms with van der Waals surface area (Å²) in [7, 11) is 0. The summed E-state index contributed by atoms with van der Waals surface area (Å²) in [6, 6.07) is 0.222. The standard InChI is InChI=1S/C12H19NO/c1-8-5-6-9(2)12(7-10(8)3)13-11(4)14/h8-10,12H,7H2,1-4H3,(H,13,14). The first-order valence-corrected chi connectivity index (χ1v) is 5.29. The highest BCUT2D eigenvalue weighted by Gasteiger charge is 2.24. The van der Waals surface area contributed by atoms with Crippen LogP contribution in [0.4, 0.5) is 0 Å². The van der Waals surface area contributed by atoms with E-state index in [1.165, 1.54) is 0 Å². The van der Waals surface area contributed by atoms with E-state index in [-0.39, 0.29) is 17.9 Å². The summed E-state index contributed by atoms with van der Waals surface area (Å²) in [4.78, 5) is 11.0. The van der Waals surface area contributed by atoms with Crippen LogP contribution in [0.3, 0.4) is 0 Å². The average Bonchev–Trinajstić information content (AvgIpc) is 2.19. The lowest BCUT2D eigenvalue weighted by Crippen LogP contribution is -2.38. The molecule has 14 heavy (non-hydrogen) atoms. The summed E-state index contributed by atoms with van der Waals surface area (Å²) in [6.45, 7) is 8.00. The number of nitrogens with one attached hydrogen (secondary N) is 1. The summed E-state index contributed by atoms with van der Waals surface area (Å²) in [5, 5.41) is 2.98. The third kappa shape index (κ3) is 2.77. The van der Waals surface area contributed by atoms with Crippen LogP contribution in [0.25, 0.3) is 0 Å². The molecule has 0 aliphatic heterocycles. The van der Waals surface area contributed by atoms with Gasteiger partial charge in [0.05, 0.1) is 0 Å². The number of rotatable bonds is 1. The minimum atomic E-state index is 0.0467. The first kappa shape index (κ1) is 11.1. The molecule has 2 nitrogen and oxygen atoms in total. The van der Waals surface area contributed by atoms with Crippen molar-refractivity contribution < 1.29 is 4.79 Å². The average molecular weight is 193 g/mol. The Labute approximate surface area is 86.5 Å². The highest BCUT2D eigenvalue weighted by Crippen LogP contribution is 2.23. The van der Waals surface area contributed by atoms with Crippen LogP contribution in [0.5, 0.6) is 0 Å². The molecule has 0 saturated heterocycles. The van der Waals surface area contributed by atoms with Gasteiger partial charge in [-0.15, -0.1) is 0 Å². The highest BCUT2D eigenvalue weighted by molar-refractivity contribution is 5.73. The molecular weight excluding hydrogens is 174 g/mol. The Morgan fingerprint density at radius 3 is 2.36 bits per heavy atom. The topological polar surface area (TPSA) is 29.1 Å². The van der Waals surface area contributed by atoms with Gasteiger partial charge in [-0.25, -0.2) is 0 Å². The van der Waals surface area contributed by atoms with Gasteiger partial charge >= 0.3 is 0 Å². The van der Waals surface area contributed by atoms with E-state index >= 15 is 0 Å². The molecular formula is C12H19NO. The smallest absolute Gasteiger partial charge is 0.217 e. The molecule has 78 valence electrons. The summed E-state index contributed by atoms with van der Waals surface area (Å²) in [5.41, 5.74) is 0. The lowest BCUT2D eigenvalue weighted by atomic mass is 9.89. The predicted octanol–water partition coefficient (Wildman–Crippen LogP) is 1.81. The van der Waals surface area contributed by atoms with Crippen molar-refractivity contribution >= 4 is 5.91 Å². The van der Waals surface area contributed by atoms with Crippen LogP contribution < -0.4 is 5.32 Å².